The first-order valence-corrected chi connectivity index (χ1v) is 4.10. The summed E-state index contributed by atoms with van der Waals surface area (Å²) >= 11 is 0. The van der Waals surface area contributed by atoms with E-state index in [1.807, 2.05) is 6.92 Å². The molecule has 0 aromatic heterocycles. The van der Waals surface area contributed by atoms with Crippen molar-refractivity contribution in [1.29, 1.82) is 0 Å². The van der Waals surface area contributed by atoms with Crippen LogP contribution in [0.2, 0.25) is 0 Å². The van der Waals surface area contributed by atoms with Crippen LogP contribution in [0.4, 0.5) is 0 Å². The van der Waals surface area contributed by atoms with Crippen molar-refractivity contribution in [3.63, 3.8) is 0 Å². The molecule has 1 atom stereocenters. The Balaban J connectivity index is 0. The molecule has 0 aliphatic carbocycles. The number of Topliss-reactive ketones (excluding diaryl/α,β-unsaturated/α-hetero) is 1. The zero-order valence-corrected chi connectivity index (χ0v) is 8.29. The highest BCUT2D eigenvalue weighted by Crippen LogP contribution is 1.94. The monoisotopic (exact) mass is 174 g/mol. The molecule has 0 aliphatic heterocycles. The smallest absolute Gasteiger partial charge is 0.142 e. The highest BCUT2D eigenvalue weighted by atomic mass is 16.5. The zero-order chi connectivity index (χ0) is 9.98. The van der Waals surface area contributed by atoms with Gasteiger partial charge in [-0.2, -0.15) is 0 Å². The van der Waals surface area contributed by atoms with Crippen molar-refractivity contribution in [3.8, 4) is 0 Å². The Labute approximate surface area is 74.1 Å². The van der Waals surface area contributed by atoms with E-state index in [0.717, 1.165) is 6.61 Å². The Hall–Kier alpha value is -0.700. The molecule has 0 heterocycles. The van der Waals surface area contributed by atoms with Crippen LogP contribution in [0.15, 0.2) is 0 Å². The number of hydrogen-bond donors (Lipinski definition) is 0. The molecule has 0 fully saturated rings. The second-order valence-electron chi connectivity index (χ2n) is 2.32. The average molecular weight is 174 g/mol. The molecule has 3 nitrogen and oxygen atoms in total. The Morgan fingerprint density at radius 1 is 1.50 bits per heavy atom. The van der Waals surface area contributed by atoms with E-state index in [1.165, 1.54) is 0 Å². The molecule has 1 unspecified atom stereocenters. The first-order chi connectivity index (χ1) is 5.63. The van der Waals surface area contributed by atoms with Crippen LogP contribution in [0.1, 0.15) is 27.2 Å². The lowest BCUT2D eigenvalue weighted by Crippen LogP contribution is -2.09. The molecule has 72 valence electrons. The van der Waals surface area contributed by atoms with Gasteiger partial charge in [-0.3, -0.25) is 4.79 Å². The number of rotatable bonds is 4. The van der Waals surface area contributed by atoms with Gasteiger partial charge >= 0.3 is 0 Å². The van der Waals surface area contributed by atoms with Gasteiger partial charge in [0, 0.05) is 20.1 Å². The number of carbonyl (C=O) groups is 2. The third-order valence-corrected chi connectivity index (χ3v) is 1.35. The molecule has 0 aliphatic rings. The molecular weight excluding hydrogens is 156 g/mol. The van der Waals surface area contributed by atoms with Crippen LogP contribution in [-0.4, -0.2) is 25.8 Å². The lowest BCUT2D eigenvalue weighted by molar-refractivity contribution is -0.126. The fraction of sp³-hybridized carbons (Fsp3) is 0.778. The van der Waals surface area contributed by atoms with E-state index in [0.29, 0.717) is 12.7 Å². The van der Waals surface area contributed by atoms with Crippen LogP contribution in [0.5, 0.6) is 0 Å². The highest BCUT2D eigenvalue weighted by Gasteiger charge is 2.06. The van der Waals surface area contributed by atoms with Gasteiger partial charge < -0.3 is 9.53 Å². The molecule has 12 heavy (non-hydrogen) atoms. The van der Waals surface area contributed by atoms with Crippen molar-refractivity contribution in [2.24, 2.45) is 5.92 Å². The summed E-state index contributed by atoms with van der Waals surface area (Å²) in [6, 6.07) is 0. The van der Waals surface area contributed by atoms with Crippen LogP contribution in [0, 0.1) is 5.92 Å². The Morgan fingerprint density at radius 2 is 1.92 bits per heavy atom. The van der Waals surface area contributed by atoms with E-state index < -0.39 is 5.92 Å². The summed E-state index contributed by atoms with van der Waals surface area (Å²) < 4.78 is 4.54. The molecule has 0 spiro atoms. The fourth-order valence-corrected chi connectivity index (χ4v) is 0.398. The zero-order valence-electron chi connectivity index (χ0n) is 8.29. The molecule has 3 heteroatoms. The third-order valence-electron chi connectivity index (χ3n) is 1.35. The summed E-state index contributed by atoms with van der Waals surface area (Å²) in [5.74, 6) is -0.389. The summed E-state index contributed by atoms with van der Waals surface area (Å²) in [4.78, 5) is 20.4. The summed E-state index contributed by atoms with van der Waals surface area (Å²) in [6.07, 6.45) is 1.13. The van der Waals surface area contributed by atoms with E-state index in [1.54, 1.807) is 21.0 Å². The lowest BCUT2D eigenvalue weighted by Gasteiger charge is -1.95. The predicted octanol–water partition coefficient (Wildman–Crippen LogP) is 1.45. The van der Waals surface area contributed by atoms with Gasteiger partial charge in [-0.05, 0) is 13.8 Å². The molecule has 0 amide bonds. The van der Waals surface area contributed by atoms with Gasteiger partial charge in [0.15, 0.2) is 0 Å². The quantitative estimate of drug-likeness (QED) is 0.478. The van der Waals surface area contributed by atoms with E-state index in [2.05, 4.69) is 4.74 Å². The van der Waals surface area contributed by atoms with Crippen molar-refractivity contribution in [3.05, 3.63) is 0 Å². The molecule has 0 saturated heterocycles. The van der Waals surface area contributed by atoms with E-state index >= 15 is 0 Å². The maximum atomic E-state index is 10.5. The van der Waals surface area contributed by atoms with Gasteiger partial charge in [-0.25, -0.2) is 0 Å². The van der Waals surface area contributed by atoms with Crippen LogP contribution in [0.25, 0.3) is 0 Å². The SMILES string of the molecule is CCC(=O)C(C)C=O.CCOC. The van der Waals surface area contributed by atoms with Gasteiger partial charge in [0.05, 0.1) is 5.92 Å². The Morgan fingerprint density at radius 3 is 2.00 bits per heavy atom. The molecule has 0 bridgehead atoms. The first kappa shape index (κ1) is 13.9. The van der Waals surface area contributed by atoms with E-state index in [-0.39, 0.29) is 5.78 Å². The van der Waals surface area contributed by atoms with Gasteiger partial charge in [0.25, 0.3) is 0 Å². The largest absolute Gasteiger partial charge is 0.385 e. The molecule has 0 aromatic rings. The molecule has 0 saturated carbocycles. The van der Waals surface area contributed by atoms with E-state index in [4.69, 9.17) is 0 Å². The lowest BCUT2D eigenvalue weighted by atomic mass is 10.1. The predicted molar refractivity (Wildman–Crippen MR) is 48.1 cm³/mol. The van der Waals surface area contributed by atoms with Crippen LogP contribution in [0.3, 0.4) is 0 Å². The number of ketones is 1. The minimum Gasteiger partial charge on any atom is -0.385 e. The topological polar surface area (TPSA) is 43.4 Å². The number of aldehydes is 1. The number of hydrogen-bond acceptors (Lipinski definition) is 3. The van der Waals surface area contributed by atoms with Crippen molar-refractivity contribution in [1.82, 2.24) is 0 Å². The average Bonchev–Trinajstić information content (AvgIpc) is 2.15. The number of carbonyl (C=O) groups excluding carboxylic acids is 2. The molecule has 0 rings (SSSR count). The van der Waals surface area contributed by atoms with Crippen LogP contribution in [-0.2, 0) is 14.3 Å². The molecule has 0 aromatic carbocycles. The second kappa shape index (κ2) is 10.3. The van der Waals surface area contributed by atoms with Gasteiger partial charge in [0.1, 0.15) is 12.1 Å². The summed E-state index contributed by atoms with van der Waals surface area (Å²) in [6.45, 7) is 6.14. The van der Waals surface area contributed by atoms with Crippen molar-refractivity contribution < 1.29 is 14.3 Å². The third kappa shape index (κ3) is 9.30. The first-order valence-electron chi connectivity index (χ1n) is 4.10. The Bertz CT molecular complexity index is 119. The van der Waals surface area contributed by atoms with Gasteiger partial charge in [-0.1, -0.05) is 6.92 Å². The number of methoxy groups -OCH3 is 1. The number of ether oxygens (including phenoxy) is 1. The summed E-state index contributed by atoms with van der Waals surface area (Å²) in [5, 5.41) is 0. The van der Waals surface area contributed by atoms with Crippen LogP contribution >= 0.6 is 0 Å². The standard InChI is InChI=1S/C6H10O2.C3H8O/c1-3-6(8)5(2)4-7;1-3-4-2/h4-5H,3H2,1-2H3;3H2,1-2H3. The normalized spacial score (nSPS) is 11.0. The second-order valence-corrected chi connectivity index (χ2v) is 2.32. The van der Waals surface area contributed by atoms with Crippen molar-refractivity contribution >= 4 is 12.1 Å². The molecule has 0 N–H and O–H groups in total. The molecular formula is C9H18O3. The Kier molecular flexibility index (Phi) is 11.9. The van der Waals surface area contributed by atoms with Crippen molar-refractivity contribution in [2.45, 2.75) is 27.2 Å². The summed E-state index contributed by atoms with van der Waals surface area (Å²) in [7, 11) is 1.68. The fourth-order valence-electron chi connectivity index (χ4n) is 0.398. The molecule has 0 radical (unpaired) electrons. The van der Waals surface area contributed by atoms with Crippen LogP contribution < -0.4 is 0 Å². The van der Waals surface area contributed by atoms with Gasteiger partial charge in [-0.15, -0.1) is 0 Å². The maximum absolute atomic E-state index is 10.5. The van der Waals surface area contributed by atoms with E-state index in [9.17, 15) is 9.59 Å². The minimum atomic E-state index is -0.403. The maximum Gasteiger partial charge on any atom is 0.142 e. The highest BCUT2D eigenvalue weighted by molar-refractivity contribution is 5.92. The van der Waals surface area contributed by atoms with Crippen molar-refractivity contribution in [2.75, 3.05) is 13.7 Å². The minimum absolute atomic E-state index is 0.0139. The summed E-state index contributed by atoms with van der Waals surface area (Å²) in [5.41, 5.74) is 0. The van der Waals surface area contributed by atoms with Gasteiger partial charge in [0.2, 0.25) is 0 Å².